The Morgan fingerprint density at radius 2 is 1.79 bits per heavy atom. The van der Waals surface area contributed by atoms with E-state index in [0.717, 1.165) is 12.3 Å². The molecule has 4 heteroatoms. The lowest BCUT2D eigenvalue weighted by Crippen LogP contribution is -2.55. The molecule has 1 rings (SSSR count). The zero-order chi connectivity index (χ0) is 14.5. The first-order valence-electron chi connectivity index (χ1n) is 6.43. The Bertz CT molecular complexity index is 415. The molecule has 106 valence electrons. The van der Waals surface area contributed by atoms with E-state index in [1.165, 1.54) is 4.90 Å². The van der Waals surface area contributed by atoms with Gasteiger partial charge in [0.05, 0.1) is 5.41 Å². The predicted octanol–water partition coefficient (Wildman–Crippen LogP) is 3.26. The second-order valence-corrected chi connectivity index (χ2v) is 6.81. The lowest BCUT2D eigenvalue weighted by atomic mass is 9.74. The third-order valence-electron chi connectivity index (χ3n) is 3.78. The number of carboxylic acids is 1. The molecule has 0 fully saturated rings. The number of rotatable bonds is 7. The lowest BCUT2D eigenvalue weighted by Gasteiger charge is -2.39. The predicted molar refractivity (Wildman–Crippen MR) is 80.7 cm³/mol. The topological polar surface area (TPSA) is 49.3 Å². The van der Waals surface area contributed by atoms with Gasteiger partial charge in [0.2, 0.25) is 0 Å². The Morgan fingerprint density at radius 1 is 1.21 bits per heavy atom. The van der Waals surface area contributed by atoms with Gasteiger partial charge in [-0.05, 0) is 39.8 Å². The average molecular weight is 281 g/mol. The van der Waals surface area contributed by atoms with E-state index < -0.39 is 16.9 Å². The van der Waals surface area contributed by atoms with Crippen molar-refractivity contribution in [3.8, 4) is 0 Å². The van der Waals surface area contributed by atoms with Crippen LogP contribution >= 0.6 is 11.8 Å². The number of carboxylic acid groups (broad SMARTS) is 1. The molecule has 0 aliphatic carbocycles. The Morgan fingerprint density at radius 3 is 2.32 bits per heavy atom. The van der Waals surface area contributed by atoms with Gasteiger partial charge in [0.1, 0.15) is 0 Å². The molecule has 0 aromatic heterocycles. The van der Waals surface area contributed by atoms with E-state index in [9.17, 15) is 9.90 Å². The summed E-state index contributed by atoms with van der Waals surface area (Å²) in [4.78, 5) is 12.5. The van der Waals surface area contributed by atoms with Crippen molar-refractivity contribution >= 4 is 17.7 Å². The van der Waals surface area contributed by atoms with Crippen molar-refractivity contribution in [2.75, 3.05) is 12.3 Å². The average Bonchev–Trinajstić information content (AvgIpc) is 2.35. The number of hydrogen-bond donors (Lipinski definition) is 2. The van der Waals surface area contributed by atoms with Crippen molar-refractivity contribution in [1.82, 2.24) is 5.32 Å². The molecule has 0 bridgehead atoms. The molecule has 0 unspecified atom stereocenters. The highest BCUT2D eigenvalue weighted by Gasteiger charge is 2.42. The maximum Gasteiger partial charge on any atom is 0.310 e. The molecular weight excluding hydrogens is 258 g/mol. The van der Waals surface area contributed by atoms with Gasteiger partial charge in [-0.15, -0.1) is 11.8 Å². The highest BCUT2D eigenvalue weighted by molar-refractivity contribution is 7.99. The molecule has 0 aliphatic rings. The summed E-state index contributed by atoms with van der Waals surface area (Å²) in [7, 11) is 0. The molecule has 2 N–H and O–H groups in total. The second kappa shape index (κ2) is 6.44. The van der Waals surface area contributed by atoms with Gasteiger partial charge in [-0.3, -0.25) is 4.79 Å². The normalized spacial score (nSPS) is 12.4. The molecule has 0 atom stereocenters. The van der Waals surface area contributed by atoms with E-state index in [4.69, 9.17) is 0 Å². The summed E-state index contributed by atoms with van der Waals surface area (Å²) in [6, 6.07) is 10.2. The molecule has 1 aromatic rings. The van der Waals surface area contributed by atoms with Gasteiger partial charge in [-0.2, -0.15) is 0 Å². The largest absolute Gasteiger partial charge is 0.481 e. The smallest absolute Gasteiger partial charge is 0.310 e. The monoisotopic (exact) mass is 281 g/mol. The maximum absolute atomic E-state index is 11.3. The molecule has 0 radical (unpaired) electrons. The van der Waals surface area contributed by atoms with Gasteiger partial charge in [-0.1, -0.05) is 18.2 Å². The molecule has 0 aliphatic heterocycles. The van der Waals surface area contributed by atoms with Crippen LogP contribution in [0, 0.1) is 5.41 Å². The quantitative estimate of drug-likeness (QED) is 0.595. The van der Waals surface area contributed by atoms with Crippen molar-refractivity contribution < 1.29 is 9.90 Å². The number of aliphatic carboxylic acids is 1. The Labute approximate surface area is 119 Å². The van der Waals surface area contributed by atoms with Crippen LogP contribution in [0.15, 0.2) is 35.2 Å². The Hall–Kier alpha value is -1.00. The van der Waals surface area contributed by atoms with Crippen molar-refractivity contribution in [2.45, 2.75) is 38.1 Å². The third kappa shape index (κ3) is 4.25. The zero-order valence-corrected chi connectivity index (χ0v) is 12.9. The number of benzene rings is 1. The molecule has 1 aromatic carbocycles. The Balaban J connectivity index is 2.42. The van der Waals surface area contributed by atoms with Crippen molar-refractivity contribution in [3.63, 3.8) is 0 Å². The minimum absolute atomic E-state index is 0.448. The molecule has 19 heavy (non-hydrogen) atoms. The van der Waals surface area contributed by atoms with E-state index in [2.05, 4.69) is 17.4 Å². The minimum Gasteiger partial charge on any atom is -0.481 e. The fourth-order valence-corrected chi connectivity index (χ4v) is 2.33. The van der Waals surface area contributed by atoms with Crippen LogP contribution in [-0.2, 0) is 4.79 Å². The number of nitrogens with one attached hydrogen (secondary N) is 1. The van der Waals surface area contributed by atoms with Gasteiger partial charge in [0.15, 0.2) is 0 Å². The molecule has 0 saturated heterocycles. The first-order chi connectivity index (χ1) is 8.77. The van der Waals surface area contributed by atoms with Gasteiger partial charge in [0.25, 0.3) is 0 Å². The van der Waals surface area contributed by atoms with E-state index >= 15 is 0 Å². The van der Waals surface area contributed by atoms with E-state index in [0.29, 0.717) is 0 Å². The van der Waals surface area contributed by atoms with Gasteiger partial charge >= 0.3 is 5.97 Å². The summed E-state index contributed by atoms with van der Waals surface area (Å²) in [6.45, 7) is 8.17. The van der Waals surface area contributed by atoms with Crippen LogP contribution in [-0.4, -0.2) is 28.9 Å². The van der Waals surface area contributed by atoms with Gasteiger partial charge < -0.3 is 10.4 Å². The van der Waals surface area contributed by atoms with Crippen LogP contribution < -0.4 is 5.32 Å². The summed E-state index contributed by atoms with van der Waals surface area (Å²) in [5, 5.41) is 12.6. The summed E-state index contributed by atoms with van der Waals surface area (Å²) >= 11 is 1.77. The zero-order valence-electron chi connectivity index (χ0n) is 12.1. The highest BCUT2D eigenvalue weighted by Crippen LogP contribution is 2.30. The van der Waals surface area contributed by atoms with E-state index in [1.54, 1.807) is 25.6 Å². The molecule has 0 amide bonds. The van der Waals surface area contributed by atoms with Crippen molar-refractivity contribution in [2.24, 2.45) is 5.41 Å². The molecular formula is C15H23NO2S. The van der Waals surface area contributed by atoms with Crippen LogP contribution in [0.3, 0.4) is 0 Å². The van der Waals surface area contributed by atoms with Crippen LogP contribution in [0.25, 0.3) is 0 Å². The SMILES string of the molecule is CC(C)(NCCSc1ccccc1)C(C)(C)C(=O)O. The first kappa shape index (κ1) is 16.1. The lowest BCUT2D eigenvalue weighted by molar-refractivity contribution is -0.151. The van der Waals surface area contributed by atoms with Crippen LogP contribution in [0.5, 0.6) is 0 Å². The fraction of sp³-hybridized carbons (Fsp3) is 0.533. The molecule has 0 spiro atoms. The molecule has 0 heterocycles. The summed E-state index contributed by atoms with van der Waals surface area (Å²) in [5.74, 6) is 0.143. The number of thioether (sulfide) groups is 1. The number of carbonyl (C=O) groups is 1. The summed E-state index contributed by atoms with van der Waals surface area (Å²) in [6.07, 6.45) is 0. The van der Waals surface area contributed by atoms with Crippen LogP contribution in [0.1, 0.15) is 27.7 Å². The fourth-order valence-electron chi connectivity index (χ4n) is 1.54. The molecule has 3 nitrogen and oxygen atoms in total. The third-order valence-corrected chi connectivity index (χ3v) is 4.79. The van der Waals surface area contributed by atoms with E-state index in [-0.39, 0.29) is 0 Å². The maximum atomic E-state index is 11.3. The second-order valence-electron chi connectivity index (χ2n) is 5.64. The van der Waals surface area contributed by atoms with Gasteiger partial charge in [0, 0.05) is 22.7 Å². The summed E-state index contributed by atoms with van der Waals surface area (Å²) < 4.78 is 0. The first-order valence-corrected chi connectivity index (χ1v) is 7.42. The van der Waals surface area contributed by atoms with Gasteiger partial charge in [-0.25, -0.2) is 0 Å². The summed E-state index contributed by atoms with van der Waals surface area (Å²) in [5.41, 5.74) is -1.25. The highest BCUT2D eigenvalue weighted by atomic mass is 32.2. The molecule has 0 saturated carbocycles. The number of hydrogen-bond acceptors (Lipinski definition) is 3. The standard InChI is InChI=1S/C15H23NO2S/c1-14(2,13(17)18)15(3,4)16-10-11-19-12-8-6-5-7-9-12/h5-9,16H,10-11H2,1-4H3,(H,17,18). The minimum atomic E-state index is -0.801. The van der Waals surface area contributed by atoms with Crippen molar-refractivity contribution in [1.29, 1.82) is 0 Å². The van der Waals surface area contributed by atoms with Crippen LogP contribution in [0.4, 0.5) is 0 Å². The van der Waals surface area contributed by atoms with E-state index in [1.807, 2.05) is 32.0 Å². The van der Waals surface area contributed by atoms with Crippen LogP contribution in [0.2, 0.25) is 0 Å². The van der Waals surface area contributed by atoms with Crippen molar-refractivity contribution in [3.05, 3.63) is 30.3 Å². The Kier molecular flexibility index (Phi) is 5.44.